The SMILES string of the molecule is CC(C)[C@@H](O)C(=O)N1C[C@]2(C)CC(N(C)c3ncnc4[nH]ccc34)C[C@]2(C)C1. The summed E-state index contributed by atoms with van der Waals surface area (Å²) in [6, 6.07) is 2.38. The molecule has 4 atom stereocenters. The minimum absolute atomic E-state index is 0.0303. The summed E-state index contributed by atoms with van der Waals surface area (Å²) in [4.78, 5) is 28.9. The number of likely N-dealkylation sites (tertiary alicyclic amines) is 1. The van der Waals surface area contributed by atoms with Gasteiger partial charge in [-0.1, -0.05) is 27.7 Å². The summed E-state index contributed by atoms with van der Waals surface area (Å²) in [7, 11) is 2.11. The van der Waals surface area contributed by atoms with Crippen molar-refractivity contribution in [2.45, 2.75) is 52.7 Å². The zero-order valence-corrected chi connectivity index (χ0v) is 17.4. The van der Waals surface area contributed by atoms with Gasteiger partial charge >= 0.3 is 0 Å². The highest BCUT2D eigenvalue weighted by molar-refractivity contribution is 5.87. The van der Waals surface area contributed by atoms with Gasteiger partial charge in [0, 0.05) is 32.4 Å². The van der Waals surface area contributed by atoms with Gasteiger partial charge in [-0.2, -0.15) is 0 Å². The van der Waals surface area contributed by atoms with Crippen molar-refractivity contribution in [3.05, 3.63) is 18.6 Å². The van der Waals surface area contributed by atoms with E-state index < -0.39 is 6.10 Å². The van der Waals surface area contributed by atoms with Gasteiger partial charge in [0.1, 0.15) is 23.9 Å². The Hall–Kier alpha value is -2.15. The second kappa shape index (κ2) is 6.44. The molecule has 0 radical (unpaired) electrons. The molecule has 2 aromatic heterocycles. The summed E-state index contributed by atoms with van der Waals surface area (Å²) in [5.41, 5.74) is 0.914. The van der Waals surface area contributed by atoms with Crippen molar-refractivity contribution < 1.29 is 9.90 Å². The Morgan fingerprint density at radius 2 is 1.93 bits per heavy atom. The first-order chi connectivity index (χ1) is 13.2. The minimum atomic E-state index is -0.910. The molecule has 0 spiro atoms. The summed E-state index contributed by atoms with van der Waals surface area (Å²) in [6.07, 6.45) is 4.59. The third kappa shape index (κ3) is 2.79. The molecular weight excluding hydrogens is 354 g/mol. The van der Waals surface area contributed by atoms with Crippen LogP contribution < -0.4 is 4.90 Å². The molecule has 1 unspecified atom stereocenters. The lowest BCUT2D eigenvalue weighted by Gasteiger charge is -2.31. The summed E-state index contributed by atoms with van der Waals surface area (Å²) in [6.45, 7) is 9.78. The normalized spacial score (nSPS) is 30.8. The highest BCUT2D eigenvalue weighted by Gasteiger charge is 2.59. The van der Waals surface area contributed by atoms with Gasteiger partial charge in [-0.3, -0.25) is 4.79 Å². The van der Waals surface area contributed by atoms with Gasteiger partial charge in [-0.15, -0.1) is 0 Å². The molecule has 4 rings (SSSR count). The van der Waals surface area contributed by atoms with Crippen LogP contribution in [0.2, 0.25) is 0 Å². The van der Waals surface area contributed by atoms with Crippen molar-refractivity contribution in [3.63, 3.8) is 0 Å². The summed E-state index contributed by atoms with van der Waals surface area (Å²) < 4.78 is 0. The van der Waals surface area contributed by atoms with E-state index in [9.17, 15) is 9.90 Å². The van der Waals surface area contributed by atoms with Crippen LogP contribution in [0.15, 0.2) is 18.6 Å². The molecule has 0 aromatic carbocycles. The number of amides is 1. The van der Waals surface area contributed by atoms with Crippen molar-refractivity contribution >= 4 is 22.8 Å². The Balaban J connectivity index is 1.54. The molecule has 1 aliphatic carbocycles. The molecule has 28 heavy (non-hydrogen) atoms. The molecule has 1 aliphatic heterocycles. The first-order valence-corrected chi connectivity index (χ1v) is 10.1. The van der Waals surface area contributed by atoms with Gasteiger partial charge in [-0.25, -0.2) is 9.97 Å². The van der Waals surface area contributed by atoms with Crippen LogP contribution in [0.1, 0.15) is 40.5 Å². The number of anilines is 1. The second-order valence-corrected chi connectivity index (χ2v) is 9.61. The summed E-state index contributed by atoms with van der Waals surface area (Å²) >= 11 is 0. The van der Waals surface area contributed by atoms with Crippen molar-refractivity contribution in [1.82, 2.24) is 19.9 Å². The lowest BCUT2D eigenvalue weighted by molar-refractivity contribution is -0.142. The van der Waals surface area contributed by atoms with Crippen molar-refractivity contribution in [3.8, 4) is 0 Å². The number of hydrogen-bond donors (Lipinski definition) is 2. The van der Waals surface area contributed by atoms with E-state index in [1.54, 1.807) is 6.33 Å². The third-order valence-corrected chi connectivity index (χ3v) is 7.32. The molecule has 1 amide bonds. The van der Waals surface area contributed by atoms with E-state index in [-0.39, 0.29) is 22.7 Å². The van der Waals surface area contributed by atoms with E-state index in [0.717, 1.165) is 29.7 Å². The van der Waals surface area contributed by atoms with Crippen molar-refractivity contribution in [2.24, 2.45) is 16.7 Å². The lowest BCUT2D eigenvalue weighted by Crippen LogP contribution is -2.42. The first-order valence-electron chi connectivity index (χ1n) is 10.1. The molecule has 0 bridgehead atoms. The maximum absolute atomic E-state index is 12.7. The average molecular weight is 386 g/mol. The predicted octanol–water partition coefficient (Wildman–Crippen LogP) is 2.43. The fourth-order valence-corrected chi connectivity index (χ4v) is 5.23. The van der Waals surface area contributed by atoms with Crippen LogP contribution in [-0.2, 0) is 4.79 Å². The number of aromatic amines is 1. The molecule has 3 heterocycles. The zero-order chi connectivity index (χ0) is 20.3. The number of rotatable bonds is 4. The molecular formula is C21H31N5O2. The zero-order valence-electron chi connectivity index (χ0n) is 17.4. The molecule has 1 saturated carbocycles. The van der Waals surface area contributed by atoms with Crippen LogP contribution in [-0.4, -0.2) is 63.1 Å². The number of nitrogens with one attached hydrogen (secondary N) is 1. The van der Waals surface area contributed by atoms with E-state index in [4.69, 9.17) is 0 Å². The molecule has 2 fully saturated rings. The maximum Gasteiger partial charge on any atom is 0.251 e. The monoisotopic (exact) mass is 385 g/mol. The van der Waals surface area contributed by atoms with Gasteiger partial charge < -0.3 is 19.9 Å². The number of aromatic nitrogens is 3. The number of fused-ring (bicyclic) bond motifs is 2. The summed E-state index contributed by atoms with van der Waals surface area (Å²) in [5.74, 6) is 0.766. The smallest absolute Gasteiger partial charge is 0.251 e. The second-order valence-electron chi connectivity index (χ2n) is 9.61. The number of carbonyl (C=O) groups excluding carboxylic acids is 1. The fourth-order valence-electron chi connectivity index (χ4n) is 5.23. The number of hydrogen-bond acceptors (Lipinski definition) is 5. The van der Waals surface area contributed by atoms with Gasteiger partial charge in [-0.05, 0) is 35.7 Å². The van der Waals surface area contributed by atoms with E-state index >= 15 is 0 Å². The predicted molar refractivity (Wildman–Crippen MR) is 109 cm³/mol. The van der Waals surface area contributed by atoms with E-state index in [2.05, 4.69) is 40.7 Å². The first kappa shape index (κ1) is 19.2. The maximum atomic E-state index is 12.7. The summed E-state index contributed by atoms with van der Waals surface area (Å²) in [5, 5.41) is 11.3. The van der Waals surface area contributed by atoms with Crippen LogP contribution in [0.3, 0.4) is 0 Å². The molecule has 2 N–H and O–H groups in total. The average Bonchev–Trinajstić information content (AvgIpc) is 3.28. The number of carbonyl (C=O) groups is 1. The Bertz CT molecular complexity index is 876. The van der Waals surface area contributed by atoms with Crippen molar-refractivity contribution in [2.75, 3.05) is 25.0 Å². The topological polar surface area (TPSA) is 85.3 Å². The molecule has 7 nitrogen and oxygen atoms in total. The van der Waals surface area contributed by atoms with Gasteiger partial charge in [0.25, 0.3) is 5.91 Å². The van der Waals surface area contributed by atoms with E-state index in [1.165, 1.54) is 0 Å². The van der Waals surface area contributed by atoms with Crippen LogP contribution in [0.25, 0.3) is 11.0 Å². The molecule has 1 saturated heterocycles. The van der Waals surface area contributed by atoms with Gasteiger partial charge in [0.15, 0.2) is 0 Å². The number of nitrogens with zero attached hydrogens (tertiary/aromatic N) is 4. The van der Waals surface area contributed by atoms with Crippen LogP contribution in [0.4, 0.5) is 5.82 Å². The van der Waals surface area contributed by atoms with E-state index in [1.807, 2.05) is 31.0 Å². The quantitative estimate of drug-likeness (QED) is 0.844. The highest BCUT2D eigenvalue weighted by atomic mass is 16.3. The molecule has 7 heteroatoms. The lowest BCUT2D eigenvalue weighted by atomic mass is 9.71. The van der Waals surface area contributed by atoms with Crippen LogP contribution in [0, 0.1) is 16.7 Å². The highest BCUT2D eigenvalue weighted by Crippen LogP contribution is 2.58. The largest absolute Gasteiger partial charge is 0.383 e. The van der Waals surface area contributed by atoms with E-state index in [0.29, 0.717) is 19.1 Å². The molecule has 2 aromatic rings. The van der Waals surface area contributed by atoms with Crippen molar-refractivity contribution in [1.29, 1.82) is 0 Å². The number of aliphatic hydroxyl groups excluding tert-OH is 1. The van der Waals surface area contributed by atoms with Gasteiger partial charge in [0.05, 0.1) is 5.39 Å². The number of aliphatic hydroxyl groups is 1. The van der Waals surface area contributed by atoms with Gasteiger partial charge in [0.2, 0.25) is 0 Å². The van der Waals surface area contributed by atoms with Crippen LogP contribution >= 0.6 is 0 Å². The third-order valence-electron chi connectivity index (χ3n) is 7.32. The minimum Gasteiger partial charge on any atom is -0.383 e. The Morgan fingerprint density at radius 3 is 2.54 bits per heavy atom. The Morgan fingerprint density at radius 1 is 1.29 bits per heavy atom. The fraction of sp³-hybridized carbons (Fsp3) is 0.667. The standard InChI is InChI=1S/C21H31N5O2/c1-13(2)16(27)19(28)26-10-20(3)8-14(9-21(20,4)11-26)25(5)18-15-6-7-22-17(15)23-12-24-18/h6-7,12-14,16,27H,8-11H2,1-5H3,(H,22,23,24)/t14?,16-,20-,21+/m1/s1. The van der Waals surface area contributed by atoms with Crippen LogP contribution in [0.5, 0.6) is 0 Å². The molecule has 152 valence electrons. The Labute approximate surface area is 166 Å². The number of H-pyrrole nitrogens is 1. The Kier molecular flexibility index (Phi) is 4.41. The molecule has 2 aliphatic rings.